The molecule has 2 N–H and O–H groups in total. The van der Waals surface area contributed by atoms with Crippen LogP contribution in [0.3, 0.4) is 0 Å². The largest absolute Gasteiger partial charge is 0.496 e. The van der Waals surface area contributed by atoms with E-state index in [1.165, 1.54) is 7.11 Å². The molecule has 0 aliphatic carbocycles. The van der Waals surface area contributed by atoms with E-state index in [1.807, 2.05) is 24.3 Å². The van der Waals surface area contributed by atoms with E-state index >= 15 is 0 Å². The van der Waals surface area contributed by atoms with Gasteiger partial charge in [0, 0.05) is 17.1 Å². The van der Waals surface area contributed by atoms with Crippen LogP contribution in [0.5, 0.6) is 11.5 Å². The molecule has 2 amide bonds. The number of likely N-dealkylation sites (N-methyl/N-ethyl adjacent to an activating group) is 1. The number of amides is 2. The van der Waals surface area contributed by atoms with Crippen molar-refractivity contribution in [2.24, 2.45) is 0 Å². The predicted molar refractivity (Wildman–Crippen MR) is 109 cm³/mol. The maximum absolute atomic E-state index is 12.2. The minimum Gasteiger partial charge on any atom is -0.496 e. The van der Waals surface area contributed by atoms with Crippen molar-refractivity contribution in [1.29, 1.82) is 0 Å². The van der Waals surface area contributed by atoms with E-state index in [1.54, 1.807) is 37.3 Å². The molecule has 0 aliphatic heterocycles. The lowest BCUT2D eigenvalue weighted by Gasteiger charge is -2.17. The molecule has 28 heavy (non-hydrogen) atoms. The van der Waals surface area contributed by atoms with E-state index in [9.17, 15) is 9.59 Å². The average Bonchev–Trinajstić information content (AvgIpc) is 2.66. The number of anilines is 1. The number of rotatable bonds is 9. The highest BCUT2D eigenvalue weighted by Gasteiger charge is 2.13. The maximum atomic E-state index is 12.2. The molecule has 0 aliphatic rings. The van der Waals surface area contributed by atoms with Crippen molar-refractivity contribution in [2.45, 2.75) is 6.54 Å². The Balaban J connectivity index is 1.82. The van der Waals surface area contributed by atoms with Crippen molar-refractivity contribution in [3.05, 3.63) is 53.1 Å². The summed E-state index contributed by atoms with van der Waals surface area (Å²) in [5.74, 6) is 0.753. The second-order valence-corrected chi connectivity index (χ2v) is 6.59. The zero-order valence-corrected chi connectivity index (χ0v) is 16.9. The van der Waals surface area contributed by atoms with Crippen LogP contribution in [0.4, 0.5) is 5.69 Å². The predicted octanol–water partition coefficient (Wildman–Crippen LogP) is 2.54. The molecule has 0 atom stereocenters. The Morgan fingerprint density at radius 2 is 1.68 bits per heavy atom. The van der Waals surface area contributed by atoms with Crippen molar-refractivity contribution in [1.82, 2.24) is 10.2 Å². The fraction of sp³-hybridized carbons (Fsp3) is 0.300. The van der Waals surface area contributed by atoms with Crippen molar-refractivity contribution in [3.8, 4) is 11.5 Å². The Morgan fingerprint density at radius 3 is 2.39 bits per heavy atom. The van der Waals surface area contributed by atoms with Gasteiger partial charge in [-0.25, -0.2) is 0 Å². The van der Waals surface area contributed by atoms with Gasteiger partial charge < -0.3 is 20.1 Å². The molecule has 0 radical (unpaired) electrons. The molecule has 2 rings (SSSR count). The summed E-state index contributed by atoms with van der Waals surface area (Å²) in [4.78, 5) is 26.0. The molecule has 0 saturated carbocycles. The summed E-state index contributed by atoms with van der Waals surface area (Å²) < 4.78 is 10.5. The summed E-state index contributed by atoms with van der Waals surface area (Å²) in [6, 6.07) is 12.4. The number of methoxy groups -OCH3 is 2. The van der Waals surface area contributed by atoms with Crippen molar-refractivity contribution in [3.63, 3.8) is 0 Å². The second kappa shape index (κ2) is 10.5. The summed E-state index contributed by atoms with van der Waals surface area (Å²) >= 11 is 5.96. The van der Waals surface area contributed by atoms with Crippen LogP contribution < -0.4 is 20.1 Å². The first-order valence-corrected chi connectivity index (χ1v) is 9.01. The van der Waals surface area contributed by atoms with E-state index < -0.39 is 0 Å². The summed E-state index contributed by atoms with van der Waals surface area (Å²) in [6.45, 7) is 0.468. The zero-order chi connectivity index (χ0) is 20.5. The molecule has 2 aromatic carbocycles. The molecule has 0 unspecified atom stereocenters. The maximum Gasteiger partial charge on any atom is 0.238 e. The minimum absolute atomic E-state index is 0.0394. The quantitative estimate of drug-likeness (QED) is 0.670. The fourth-order valence-corrected chi connectivity index (χ4v) is 2.78. The highest BCUT2D eigenvalue weighted by Crippen LogP contribution is 2.27. The first-order valence-electron chi connectivity index (χ1n) is 8.63. The van der Waals surface area contributed by atoms with E-state index in [-0.39, 0.29) is 24.9 Å². The Hall–Kier alpha value is -2.77. The highest BCUT2D eigenvalue weighted by atomic mass is 35.5. The Labute approximate surface area is 169 Å². The lowest BCUT2D eigenvalue weighted by atomic mass is 10.2. The lowest BCUT2D eigenvalue weighted by Crippen LogP contribution is -2.38. The summed E-state index contributed by atoms with van der Waals surface area (Å²) in [5.41, 5.74) is 1.36. The molecule has 0 heterocycles. The average molecular weight is 406 g/mol. The molecule has 7 nitrogen and oxygen atoms in total. The van der Waals surface area contributed by atoms with Gasteiger partial charge in [0.05, 0.1) is 33.0 Å². The van der Waals surface area contributed by atoms with Crippen LogP contribution >= 0.6 is 11.6 Å². The number of halogens is 1. The van der Waals surface area contributed by atoms with Gasteiger partial charge in [-0.1, -0.05) is 29.8 Å². The smallest absolute Gasteiger partial charge is 0.238 e. The molecule has 0 spiro atoms. The van der Waals surface area contributed by atoms with Crippen molar-refractivity contribution in [2.75, 3.05) is 39.7 Å². The second-order valence-electron chi connectivity index (χ2n) is 6.15. The molecular formula is C20H24ClN3O4. The topological polar surface area (TPSA) is 79.9 Å². The summed E-state index contributed by atoms with van der Waals surface area (Å²) in [5, 5.41) is 6.05. The monoisotopic (exact) mass is 405 g/mol. The third kappa shape index (κ3) is 6.44. The number of benzene rings is 2. The number of hydrogen-bond acceptors (Lipinski definition) is 5. The number of carbonyl (C=O) groups excluding carboxylic acids is 2. The van der Waals surface area contributed by atoms with Crippen LogP contribution in [0.2, 0.25) is 5.02 Å². The molecule has 150 valence electrons. The summed E-state index contributed by atoms with van der Waals surface area (Å²) in [7, 11) is 4.79. The Kier molecular flexibility index (Phi) is 8.10. The van der Waals surface area contributed by atoms with Gasteiger partial charge in [0.1, 0.15) is 11.5 Å². The molecule has 0 saturated heterocycles. The van der Waals surface area contributed by atoms with Crippen molar-refractivity contribution < 1.29 is 19.1 Å². The molecule has 8 heteroatoms. The van der Waals surface area contributed by atoms with Gasteiger partial charge in [-0.15, -0.1) is 0 Å². The van der Waals surface area contributed by atoms with Crippen LogP contribution in [-0.2, 0) is 16.1 Å². The molecule has 0 bridgehead atoms. The van der Waals surface area contributed by atoms with E-state index in [2.05, 4.69) is 10.6 Å². The van der Waals surface area contributed by atoms with E-state index in [0.29, 0.717) is 28.8 Å². The van der Waals surface area contributed by atoms with Crippen LogP contribution in [-0.4, -0.2) is 51.1 Å². The minimum atomic E-state index is -0.277. The van der Waals surface area contributed by atoms with Gasteiger partial charge in [-0.3, -0.25) is 14.5 Å². The SMILES string of the molecule is COc1ccccc1CNC(=O)CN(C)CC(=O)Nc1cc(Cl)ccc1OC. The normalized spacial score (nSPS) is 10.5. The molecule has 2 aromatic rings. The standard InChI is InChI=1S/C20H24ClN3O4/c1-24(12-19(25)22-11-14-6-4-5-7-17(14)27-2)13-20(26)23-16-10-15(21)8-9-18(16)28-3/h4-10H,11-13H2,1-3H3,(H,22,25)(H,23,26). The van der Waals surface area contributed by atoms with Crippen LogP contribution in [0, 0.1) is 0 Å². The third-order valence-corrected chi connectivity index (χ3v) is 4.17. The lowest BCUT2D eigenvalue weighted by molar-refractivity contribution is -0.123. The molecule has 0 fully saturated rings. The van der Waals surface area contributed by atoms with Crippen LogP contribution in [0.25, 0.3) is 0 Å². The number of carbonyl (C=O) groups is 2. The Morgan fingerprint density at radius 1 is 1.00 bits per heavy atom. The Bertz CT molecular complexity index is 829. The van der Waals surface area contributed by atoms with Crippen LogP contribution in [0.15, 0.2) is 42.5 Å². The van der Waals surface area contributed by atoms with E-state index in [0.717, 1.165) is 5.56 Å². The van der Waals surface area contributed by atoms with E-state index in [4.69, 9.17) is 21.1 Å². The zero-order valence-electron chi connectivity index (χ0n) is 16.1. The number of para-hydroxylation sites is 1. The fourth-order valence-electron chi connectivity index (χ4n) is 2.61. The number of ether oxygens (including phenoxy) is 2. The number of nitrogens with zero attached hydrogens (tertiary/aromatic N) is 1. The van der Waals surface area contributed by atoms with Gasteiger partial charge in [-0.05, 0) is 31.3 Å². The van der Waals surface area contributed by atoms with Gasteiger partial charge in [0.25, 0.3) is 0 Å². The molecule has 0 aromatic heterocycles. The van der Waals surface area contributed by atoms with Crippen molar-refractivity contribution >= 4 is 29.1 Å². The summed E-state index contributed by atoms with van der Waals surface area (Å²) in [6.07, 6.45) is 0. The van der Waals surface area contributed by atoms with Crippen LogP contribution in [0.1, 0.15) is 5.56 Å². The first kappa shape index (κ1) is 21.5. The van der Waals surface area contributed by atoms with Gasteiger partial charge in [-0.2, -0.15) is 0 Å². The third-order valence-electron chi connectivity index (χ3n) is 3.93. The van der Waals surface area contributed by atoms with Gasteiger partial charge in [0.15, 0.2) is 0 Å². The van der Waals surface area contributed by atoms with Gasteiger partial charge >= 0.3 is 0 Å². The number of hydrogen-bond donors (Lipinski definition) is 2. The van der Waals surface area contributed by atoms with Gasteiger partial charge in [0.2, 0.25) is 11.8 Å². The molecular weight excluding hydrogens is 382 g/mol. The highest BCUT2D eigenvalue weighted by molar-refractivity contribution is 6.31. The number of nitrogens with one attached hydrogen (secondary N) is 2. The first-order chi connectivity index (χ1) is 13.4.